The van der Waals surface area contributed by atoms with Gasteiger partial charge in [-0.2, -0.15) is 0 Å². The van der Waals surface area contributed by atoms with Crippen molar-refractivity contribution in [2.75, 3.05) is 32.8 Å². The topological polar surface area (TPSA) is 93.1 Å². The van der Waals surface area contributed by atoms with E-state index < -0.39 is 5.97 Å². The molecular weight excluding hydrogens is 699 g/mol. The Morgan fingerprint density at radius 3 is 1.04 bits per heavy atom. The summed E-state index contributed by atoms with van der Waals surface area (Å²) in [4.78, 5) is 38.8. The summed E-state index contributed by atoms with van der Waals surface area (Å²) in [6.07, 6.45) is 39.0. The number of carbonyl (C=O) groups excluding carboxylic acids is 2. The van der Waals surface area contributed by atoms with Gasteiger partial charge >= 0.3 is 17.9 Å². The molecule has 7 nitrogen and oxygen atoms in total. The first-order valence-electron chi connectivity index (χ1n) is 24.6. The normalized spacial score (nSPS) is 12.6. The van der Waals surface area contributed by atoms with E-state index in [0.717, 1.165) is 64.6 Å². The van der Waals surface area contributed by atoms with Gasteiger partial charge in [-0.05, 0) is 95.7 Å². The third-order valence-corrected chi connectivity index (χ3v) is 11.6. The van der Waals surface area contributed by atoms with E-state index in [1.165, 1.54) is 154 Å². The van der Waals surface area contributed by atoms with Crippen molar-refractivity contribution in [1.82, 2.24) is 4.90 Å². The second-order valence-corrected chi connectivity index (χ2v) is 17.2. The molecule has 0 aliphatic carbocycles. The molecule has 0 aromatic rings. The van der Waals surface area contributed by atoms with Crippen molar-refractivity contribution >= 4 is 17.9 Å². The summed E-state index contributed by atoms with van der Waals surface area (Å²) in [7, 11) is 0. The zero-order valence-electron chi connectivity index (χ0n) is 37.9. The Balaban J connectivity index is 4.53. The van der Waals surface area contributed by atoms with Crippen molar-refractivity contribution in [2.24, 2.45) is 11.8 Å². The molecule has 0 spiro atoms. The van der Waals surface area contributed by atoms with Crippen LogP contribution in [0.4, 0.5) is 0 Å². The molecule has 0 saturated heterocycles. The fourth-order valence-electron chi connectivity index (χ4n) is 7.84. The Labute approximate surface area is 348 Å². The molecule has 0 heterocycles. The van der Waals surface area contributed by atoms with E-state index in [9.17, 15) is 14.4 Å². The molecule has 56 heavy (non-hydrogen) atoms. The van der Waals surface area contributed by atoms with E-state index in [1.807, 2.05) is 0 Å². The third kappa shape index (κ3) is 39.2. The SMILES string of the molecule is CCCCCCCCC(CCCCCC)COC(=O)CCCCCN(CCCCCC(=O)OCC(CCCCCC)CCCCCCCC)CCCCC(=O)O. The van der Waals surface area contributed by atoms with Crippen molar-refractivity contribution in [3.05, 3.63) is 0 Å². The van der Waals surface area contributed by atoms with Gasteiger partial charge in [0, 0.05) is 19.3 Å². The van der Waals surface area contributed by atoms with Crippen LogP contribution in [0.2, 0.25) is 0 Å². The first-order valence-corrected chi connectivity index (χ1v) is 24.6. The summed E-state index contributed by atoms with van der Waals surface area (Å²) in [5.41, 5.74) is 0. The molecule has 0 aliphatic heterocycles. The van der Waals surface area contributed by atoms with E-state index in [1.54, 1.807) is 0 Å². The minimum Gasteiger partial charge on any atom is -0.481 e. The van der Waals surface area contributed by atoms with Gasteiger partial charge in [0.15, 0.2) is 0 Å². The highest BCUT2D eigenvalue weighted by Gasteiger charge is 2.14. The first-order chi connectivity index (χ1) is 27.4. The Morgan fingerprint density at radius 1 is 0.393 bits per heavy atom. The van der Waals surface area contributed by atoms with Gasteiger partial charge in [0.1, 0.15) is 0 Å². The quantitative estimate of drug-likeness (QED) is 0.0485. The van der Waals surface area contributed by atoms with Gasteiger partial charge in [-0.1, -0.05) is 169 Å². The number of hydrogen-bond acceptors (Lipinski definition) is 6. The molecule has 0 saturated carbocycles. The average molecular weight is 794 g/mol. The van der Waals surface area contributed by atoms with Crippen LogP contribution in [-0.4, -0.2) is 60.8 Å². The van der Waals surface area contributed by atoms with E-state index in [2.05, 4.69) is 32.6 Å². The van der Waals surface area contributed by atoms with Gasteiger partial charge in [-0.15, -0.1) is 0 Å². The van der Waals surface area contributed by atoms with Crippen LogP contribution in [0, 0.1) is 11.8 Å². The van der Waals surface area contributed by atoms with Gasteiger partial charge in [-0.25, -0.2) is 0 Å². The molecule has 0 aromatic heterocycles. The predicted octanol–water partition coefficient (Wildman–Crippen LogP) is 14.4. The van der Waals surface area contributed by atoms with Gasteiger partial charge in [0.05, 0.1) is 13.2 Å². The second kappa shape index (κ2) is 43.0. The van der Waals surface area contributed by atoms with Crippen molar-refractivity contribution in [3.8, 4) is 0 Å². The Bertz CT molecular complexity index is 808. The zero-order chi connectivity index (χ0) is 41.2. The summed E-state index contributed by atoms with van der Waals surface area (Å²) in [6.45, 7) is 13.0. The fourth-order valence-corrected chi connectivity index (χ4v) is 7.84. The van der Waals surface area contributed by atoms with E-state index in [-0.39, 0.29) is 18.4 Å². The molecule has 0 radical (unpaired) electrons. The number of carboxylic acids is 1. The summed E-state index contributed by atoms with van der Waals surface area (Å²) in [6, 6.07) is 0. The van der Waals surface area contributed by atoms with Crippen molar-refractivity contribution in [3.63, 3.8) is 0 Å². The average Bonchev–Trinajstić information content (AvgIpc) is 3.18. The molecule has 0 rings (SSSR count). The number of carboxylic acid groups (broad SMARTS) is 1. The lowest BCUT2D eigenvalue weighted by atomic mass is 9.95. The standard InChI is InChI=1S/C49H95NO6/c1-5-9-13-17-19-25-35-45(33-23-15-11-7-3)43-55-48(53)38-27-21-30-40-50(42-32-29-37-47(51)52)41-31-22-28-39-49(54)56-44-46(34-24-16-12-8-4)36-26-20-18-14-10-6-2/h45-46H,5-44H2,1-4H3,(H,51,52). The molecular formula is C49H95NO6. The molecule has 0 amide bonds. The lowest BCUT2D eigenvalue weighted by molar-refractivity contribution is -0.146. The highest BCUT2D eigenvalue weighted by atomic mass is 16.5. The van der Waals surface area contributed by atoms with E-state index in [0.29, 0.717) is 44.3 Å². The maximum Gasteiger partial charge on any atom is 0.305 e. The van der Waals surface area contributed by atoms with Crippen molar-refractivity contribution in [2.45, 2.75) is 252 Å². The third-order valence-electron chi connectivity index (χ3n) is 11.6. The van der Waals surface area contributed by atoms with Crippen LogP contribution in [0.15, 0.2) is 0 Å². The summed E-state index contributed by atoms with van der Waals surface area (Å²) in [5.74, 6) is 0.177. The minimum atomic E-state index is -0.731. The van der Waals surface area contributed by atoms with Gasteiger partial charge in [-0.3, -0.25) is 14.4 Å². The molecule has 0 fully saturated rings. The maximum absolute atomic E-state index is 12.7. The Hall–Kier alpha value is -1.63. The molecule has 2 unspecified atom stereocenters. The zero-order valence-corrected chi connectivity index (χ0v) is 37.9. The number of ether oxygens (including phenoxy) is 2. The van der Waals surface area contributed by atoms with Gasteiger partial charge in [0.2, 0.25) is 0 Å². The molecule has 1 N–H and O–H groups in total. The predicted molar refractivity (Wildman–Crippen MR) is 237 cm³/mol. The summed E-state index contributed by atoms with van der Waals surface area (Å²) in [5, 5.41) is 9.08. The van der Waals surface area contributed by atoms with Crippen LogP contribution in [-0.2, 0) is 23.9 Å². The molecule has 2 atom stereocenters. The van der Waals surface area contributed by atoms with Crippen LogP contribution >= 0.6 is 0 Å². The van der Waals surface area contributed by atoms with Crippen molar-refractivity contribution in [1.29, 1.82) is 0 Å². The number of hydrogen-bond donors (Lipinski definition) is 1. The van der Waals surface area contributed by atoms with Crippen molar-refractivity contribution < 1.29 is 29.0 Å². The highest BCUT2D eigenvalue weighted by Crippen LogP contribution is 2.21. The van der Waals surface area contributed by atoms with Crippen LogP contribution in [0.3, 0.4) is 0 Å². The second-order valence-electron chi connectivity index (χ2n) is 17.2. The van der Waals surface area contributed by atoms with Crippen LogP contribution in [0.1, 0.15) is 252 Å². The molecule has 332 valence electrons. The number of esters is 2. The number of unbranched alkanes of at least 4 members (excludes halogenated alkanes) is 21. The van der Waals surface area contributed by atoms with Crippen LogP contribution < -0.4 is 0 Å². The number of rotatable bonds is 45. The first kappa shape index (κ1) is 54.4. The number of aliphatic carboxylic acids is 1. The maximum atomic E-state index is 12.7. The lowest BCUT2D eigenvalue weighted by Crippen LogP contribution is -2.27. The Kier molecular flexibility index (Phi) is 41.7. The highest BCUT2D eigenvalue weighted by molar-refractivity contribution is 5.69. The number of nitrogens with zero attached hydrogens (tertiary/aromatic N) is 1. The summed E-state index contributed by atoms with van der Waals surface area (Å²) < 4.78 is 11.6. The number of carbonyl (C=O) groups is 3. The lowest BCUT2D eigenvalue weighted by Gasteiger charge is -2.22. The van der Waals surface area contributed by atoms with Gasteiger partial charge in [0.25, 0.3) is 0 Å². The fraction of sp³-hybridized carbons (Fsp3) is 0.939. The minimum absolute atomic E-state index is 0.0455. The van der Waals surface area contributed by atoms with Gasteiger partial charge < -0.3 is 19.5 Å². The monoisotopic (exact) mass is 794 g/mol. The largest absolute Gasteiger partial charge is 0.481 e. The van der Waals surface area contributed by atoms with Crippen LogP contribution in [0.25, 0.3) is 0 Å². The Morgan fingerprint density at radius 2 is 0.679 bits per heavy atom. The van der Waals surface area contributed by atoms with Crippen LogP contribution in [0.5, 0.6) is 0 Å². The molecule has 0 aromatic carbocycles. The smallest absolute Gasteiger partial charge is 0.305 e. The molecule has 0 bridgehead atoms. The van der Waals surface area contributed by atoms with E-state index in [4.69, 9.17) is 14.6 Å². The summed E-state index contributed by atoms with van der Waals surface area (Å²) >= 11 is 0. The van der Waals surface area contributed by atoms with E-state index >= 15 is 0 Å². The molecule has 7 heteroatoms. The molecule has 0 aliphatic rings.